The third kappa shape index (κ3) is 17.4. The first-order valence-corrected chi connectivity index (χ1v) is 22.9. The lowest BCUT2D eigenvalue weighted by Gasteiger charge is -2.14. The summed E-state index contributed by atoms with van der Waals surface area (Å²) < 4.78 is 91.2. The highest BCUT2D eigenvalue weighted by Crippen LogP contribution is 2.38. The minimum atomic E-state index is 0.203. The highest BCUT2D eigenvalue weighted by Gasteiger charge is 2.29. The first-order chi connectivity index (χ1) is 33.0. The van der Waals surface area contributed by atoms with Gasteiger partial charge in [0.2, 0.25) is 5.75 Å². The number of epoxide rings is 8. The van der Waals surface area contributed by atoms with Gasteiger partial charge in [0.15, 0.2) is 23.0 Å². The average Bonchev–Trinajstić information content (AvgIpc) is 4.18. The number of para-hydroxylation sites is 3. The second-order valence-corrected chi connectivity index (χ2v) is 16.7. The molecule has 8 saturated heterocycles. The van der Waals surface area contributed by atoms with Gasteiger partial charge in [-0.15, -0.1) is 0 Å². The fourth-order valence-electron chi connectivity index (χ4n) is 5.94. The number of ether oxygens (including phenoxy) is 17. The Morgan fingerprint density at radius 3 is 1.00 bits per heavy atom. The first-order valence-electron chi connectivity index (χ1n) is 22.9. The van der Waals surface area contributed by atoms with E-state index < -0.39 is 0 Å². The lowest BCUT2D eigenvalue weighted by Crippen LogP contribution is -2.09. The molecular weight excluding hydrogens is 873 g/mol. The smallest absolute Gasteiger partial charge is 0.203 e. The fraction of sp³-hybridized carbons (Fsp3) is 0.520. The first kappa shape index (κ1) is 46.9. The summed E-state index contributed by atoms with van der Waals surface area (Å²) in [6.45, 7) is 13.2. The predicted molar refractivity (Wildman–Crippen MR) is 239 cm³/mol. The second kappa shape index (κ2) is 23.7. The number of rotatable bonds is 25. The molecule has 8 heterocycles. The lowest BCUT2D eigenvalue weighted by atomic mass is 10.2. The lowest BCUT2D eigenvalue weighted by molar-refractivity contribution is 0.220. The average molecular weight is 933 g/mol. The molecule has 8 fully saturated rings. The molecule has 67 heavy (non-hydrogen) atoms. The third-order valence-electron chi connectivity index (χ3n) is 10.7. The third-order valence-corrected chi connectivity index (χ3v) is 10.7. The molecule has 0 bridgehead atoms. The van der Waals surface area contributed by atoms with Crippen molar-refractivity contribution in [3.05, 3.63) is 90.5 Å². The number of hydrogen-bond donors (Lipinski definition) is 0. The molecule has 0 saturated carbocycles. The molecule has 8 atom stereocenters. The minimum absolute atomic E-state index is 0.203. The van der Waals surface area contributed by atoms with Gasteiger partial charge in [-0.3, -0.25) is 0 Å². The summed E-state index contributed by atoms with van der Waals surface area (Å²) in [5, 5.41) is 0. The molecule has 8 unspecified atom stereocenters. The van der Waals surface area contributed by atoms with Crippen LogP contribution in [0.3, 0.4) is 0 Å². The van der Waals surface area contributed by atoms with Gasteiger partial charge in [0.05, 0.1) is 60.0 Å². The standard InChI is InChI=1S/C13H16O5.C13H16O4.2C12H14O4/c1-14-11-3-2-4-12(17-7-9-5-15-9)13(11)18-8-10-6-16-10;1-9-12(16-7-10-5-14-10)3-2-4-13(9)17-8-11-6-15-11;1-2-9(13-5-11-7-15-11)4-10(3-1)14-6-12-8-16-12;1-2-4-12(16-8-10-6-14-10)11(3-1)15-7-9-5-13-9/h2-4,9-10H,5-8H2,1H3;2-4,10-11H,5-8H2,1H3;1-4,11-12H,5-8H2;1-4,9-10H,5-8H2. The van der Waals surface area contributed by atoms with E-state index in [4.69, 9.17) is 80.5 Å². The van der Waals surface area contributed by atoms with E-state index in [1.807, 2.05) is 91.9 Å². The van der Waals surface area contributed by atoms with Crippen LogP contribution >= 0.6 is 0 Å². The molecule has 8 aliphatic rings. The molecule has 362 valence electrons. The van der Waals surface area contributed by atoms with Gasteiger partial charge in [-0.05, 0) is 55.5 Å². The Hall–Kier alpha value is -5.24. The Kier molecular flexibility index (Phi) is 16.5. The van der Waals surface area contributed by atoms with Crippen molar-refractivity contribution < 1.29 is 80.5 Å². The molecule has 17 nitrogen and oxygen atoms in total. The molecule has 17 heteroatoms. The van der Waals surface area contributed by atoms with Gasteiger partial charge in [-0.1, -0.05) is 30.3 Å². The molecule has 0 spiro atoms. The predicted octanol–water partition coefficient (Wildman–Crippen LogP) is 5.28. The quantitative estimate of drug-likeness (QED) is 0.0782. The van der Waals surface area contributed by atoms with E-state index in [1.54, 1.807) is 7.11 Å². The topological polar surface area (TPSA) is 183 Å². The van der Waals surface area contributed by atoms with Crippen molar-refractivity contribution in [2.24, 2.45) is 0 Å². The molecule has 0 amide bonds. The number of hydrogen-bond acceptors (Lipinski definition) is 17. The van der Waals surface area contributed by atoms with Gasteiger partial charge >= 0.3 is 0 Å². The maximum atomic E-state index is 5.72. The van der Waals surface area contributed by atoms with Crippen LogP contribution in [0.1, 0.15) is 5.56 Å². The van der Waals surface area contributed by atoms with Crippen LogP contribution in [0.15, 0.2) is 84.9 Å². The number of methoxy groups -OCH3 is 1. The number of benzene rings is 4. The van der Waals surface area contributed by atoms with Crippen molar-refractivity contribution >= 4 is 0 Å². The molecule has 0 N–H and O–H groups in total. The SMILES string of the molecule is COc1cccc(OCC2CO2)c1OCC1CO1.Cc1c(OCC2CO2)cccc1OCC1CO1.c1cc(OCC2CO2)cc(OCC2CO2)c1.c1ccc(OCC2CO2)c(OCC2CO2)c1. The van der Waals surface area contributed by atoms with Crippen molar-refractivity contribution in [2.45, 2.75) is 55.8 Å². The monoisotopic (exact) mass is 932 g/mol. The van der Waals surface area contributed by atoms with Crippen molar-refractivity contribution in [2.75, 3.05) is 113 Å². The van der Waals surface area contributed by atoms with Gasteiger partial charge < -0.3 is 80.5 Å². The summed E-state index contributed by atoms with van der Waals surface area (Å²) in [5.74, 6) is 6.93. The van der Waals surface area contributed by atoms with Crippen molar-refractivity contribution in [3.63, 3.8) is 0 Å². The van der Waals surface area contributed by atoms with Gasteiger partial charge in [0, 0.05) is 11.6 Å². The zero-order valence-electron chi connectivity index (χ0n) is 38.0. The van der Waals surface area contributed by atoms with Crippen LogP contribution in [0.4, 0.5) is 0 Å². The van der Waals surface area contributed by atoms with Crippen LogP contribution < -0.4 is 42.6 Å². The maximum absolute atomic E-state index is 5.72. The molecule has 4 aromatic carbocycles. The molecule has 4 aromatic rings. The molecule has 0 aliphatic carbocycles. The Bertz CT molecular complexity index is 2020. The van der Waals surface area contributed by atoms with Crippen LogP contribution in [0.25, 0.3) is 0 Å². The van der Waals surface area contributed by atoms with E-state index >= 15 is 0 Å². The summed E-state index contributed by atoms with van der Waals surface area (Å²) in [7, 11) is 1.61. The molecule has 8 aliphatic heterocycles. The van der Waals surface area contributed by atoms with E-state index in [0.717, 1.165) is 92.9 Å². The summed E-state index contributed by atoms with van der Waals surface area (Å²) in [5.41, 5.74) is 1.04. The van der Waals surface area contributed by atoms with Crippen LogP contribution in [0, 0.1) is 6.92 Å². The van der Waals surface area contributed by atoms with Gasteiger partial charge in [-0.2, -0.15) is 0 Å². The normalized spacial score (nSPS) is 25.6. The summed E-state index contributed by atoms with van der Waals surface area (Å²) >= 11 is 0. The Morgan fingerprint density at radius 2 is 0.627 bits per heavy atom. The second-order valence-electron chi connectivity index (χ2n) is 16.7. The van der Waals surface area contributed by atoms with Gasteiger partial charge in [0.25, 0.3) is 0 Å². The zero-order chi connectivity index (χ0) is 45.6. The summed E-state index contributed by atoms with van der Waals surface area (Å²) in [6, 6.07) is 26.8. The maximum Gasteiger partial charge on any atom is 0.203 e. The highest BCUT2D eigenvalue weighted by molar-refractivity contribution is 5.51. The van der Waals surface area contributed by atoms with Crippen molar-refractivity contribution in [1.29, 1.82) is 0 Å². The van der Waals surface area contributed by atoms with Crippen LogP contribution in [-0.4, -0.2) is 162 Å². The summed E-state index contributed by atoms with van der Waals surface area (Å²) in [6.07, 6.45) is 2.07. The Labute approximate surface area is 390 Å². The van der Waals surface area contributed by atoms with Crippen LogP contribution in [0.5, 0.6) is 51.7 Å². The highest BCUT2D eigenvalue weighted by atomic mass is 16.6. The van der Waals surface area contributed by atoms with E-state index in [-0.39, 0.29) is 48.8 Å². The van der Waals surface area contributed by atoms with Gasteiger partial charge in [0.1, 0.15) is 125 Å². The Balaban J connectivity index is 0.000000112. The van der Waals surface area contributed by atoms with Crippen molar-refractivity contribution in [1.82, 2.24) is 0 Å². The van der Waals surface area contributed by atoms with E-state index in [0.29, 0.717) is 70.1 Å². The zero-order valence-corrected chi connectivity index (χ0v) is 38.0. The van der Waals surface area contributed by atoms with E-state index in [9.17, 15) is 0 Å². The van der Waals surface area contributed by atoms with Crippen molar-refractivity contribution in [3.8, 4) is 51.7 Å². The van der Waals surface area contributed by atoms with E-state index in [2.05, 4.69) is 0 Å². The van der Waals surface area contributed by atoms with E-state index in [1.165, 1.54) is 0 Å². The summed E-state index contributed by atoms with van der Waals surface area (Å²) in [4.78, 5) is 0. The Morgan fingerprint density at radius 1 is 0.343 bits per heavy atom. The largest absolute Gasteiger partial charge is 0.493 e. The molecule has 0 radical (unpaired) electrons. The van der Waals surface area contributed by atoms with Crippen LogP contribution in [-0.2, 0) is 37.9 Å². The molecule has 12 rings (SSSR count). The van der Waals surface area contributed by atoms with Gasteiger partial charge in [-0.25, -0.2) is 0 Å². The van der Waals surface area contributed by atoms with Crippen LogP contribution in [0.2, 0.25) is 0 Å². The fourth-order valence-corrected chi connectivity index (χ4v) is 5.94. The molecular formula is C50H60O17. The molecule has 0 aromatic heterocycles. The minimum Gasteiger partial charge on any atom is -0.493 e.